The van der Waals surface area contributed by atoms with Gasteiger partial charge in [0.2, 0.25) is 0 Å². The van der Waals surface area contributed by atoms with Crippen LogP contribution in [0.3, 0.4) is 0 Å². The number of anilines is 1. The van der Waals surface area contributed by atoms with Crippen LogP contribution in [0.2, 0.25) is 0 Å². The van der Waals surface area contributed by atoms with Gasteiger partial charge in [-0.2, -0.15) is 0 Å². The number of sulfonamides is 1. The highest BCUT2D eigenvalue weighted by Crippen LogP contribution is 2.31. The molecule has 0 saturated carbocycles. The Hall–Kier alpha value is -3.24. The molecule has 0 bridgehead atoms. The van der Waals surface area contributed by atoms with Crippen LogP contribution in [-0.4, -0.2) is 47.4 Å². The number of hydrogen-bond donors (Lipinski definition) is 0. The molecule has 1 aromatic heterocycles. The second-order valence-electron chi connectivity index (χ2n) is 6.87. The van der Waals surface area contributed by atoms with Crippen LogP contribution >= 0.6 is 11.3 Å². The SMILES string of the molecule is CN(c1ccc(OCC(=O)OCC2COc3ccccc3O2)cc1)S(=O)(=O)c1cccs1. The Morgan fingerprint density at radius 2 is 1.84 bits per heavy atom. The van der Waals surface area contributed by atoms with Crippen LogP contribution in [0.5, 0.6) is 17.2 Å². The molecule has 0 spiro atoms. The van der Waals surface area contributed by atoms with E-state index >= 15 is 0 Å². The number of carbonyl (C=O) groups excluding carboxylic acids is 1. The summed E-state index contributed by atoms with van der Waals surface area (Å²) in [5.41, 5.74) is 0.475. The molecule has 1 atom stereocenters. The average Bonchev–Trinajstić information content (AvgIpc) is 3.37. The van der Waals surface area contributed by atoms with Gasteiger partial charge in [0.05, 0.1) is 5.69 Å². The molecule has 1 aliphatic heterocycles. The second kappa shape index (κ2) is 9.49. The third kappa shape index (κ3) is 4.97. The van der Waals surface area contributed by atoms with Crippen molar-refractivity contribution in [2.24, 2.45) is 0 Å². The zero-order chi connectivity index (χ0) is 22.6. The molecule has 0 N–H and O–H groups in total. The average molecular weight is 476 g/mol. The van der Waals surface area contributed by atoms with Crippen molar-refractivity contribution in [1.29, 1.82) is 0 Å². The van der Waals surface area contributed by atoms with Crippen molar-refractivity contribution >= 4 is 33.0 Å². The molecule has 10 heteroatoms. The highest BCUT2D eigenvalue weighted by molar-refractivity contribution is 7.94. The van der Waals surface area contributed by atoms with Gasteiger partial charge in [0.25, 0.3) is 10.0 Å². The molecule has 32 heavy (non-hydrogen) atoms. The van der Waals surface area contributed by atoms with E-state index in [4.69, 9.17) is 18.9 Å². The Morgan fingerprint density at radius 1 is 1.09 bits per heavy atom. The predicted molar refractivity (Wildman–Crippen MR) is 119 cm³/mol. The zero-order valence-corrected chi connectivity index (χ0v) is 18.8. The van der Waals surface area contributed by atoms with Gasteiger partial charge in [0, 0.05) is 7.05 Å². The molecule has 3 aromatic rings. The van der Waals surface area contributed by atoms with Crippen LogP contribution in [0, 0.1) is 0 Å². The predicted octanol–water partition coefficient (Wildman–Crippen LogP) is 3.34. The first-order valence-corrected chi connectivity index (χ1v) is 12.0. The fraction of sp³-hybridized carbons (Fsp3) is 0.227. The van der Waals surface area contributed by atoms with Gasteiger partial charge < -0.3 is 18.9 Å². The number of ether oxygens (including phenoxy) is 4. The fourth-order valence-corrected chi connectivity index (χ4v) is 5.31. The van der Waals surface area contributed by atoms with Gasteiger partial charge in [0.1, 0.15) is 23.2 Å². The molecule has 8 nitrogen and oxygen atoms in total. The minimum Gasteiger partial charge on any atom is -0.486 e. The van der Waals surface area contributed by atoms with E-state index in [-0.39, 0.29) is 24.0 Å². The second-order valence-corrected chi connectivity index (χ2v) is 10.0. The van der Waals surface area contributed by atoms with Crippen molar-refractivity contribution < 1.29 is 32.2 Å². The van der Waals surface area contributed by atoms with E-state index in [0.29, 0.717) is 22.9 Å². The van der Waals surface area contributed by atoms with E-state index in [2.05, 4.69) is 0 Å². The first kappa shape index (κ1) is 22.0. The Bertz CT molecular complexity index is 1160. The highest BCUT2D eigenvalue weighted by Gasteiger charge is 2.23. The van der Waals surface area contributed by atoms with Crippen LogP contribution in [0.1, 0.15) is 0 Å². The molecule has 4 rings (SSSR count). The number of carbonyl (C=O) groups is 1. The maximum atomic E-state index is 12.6. The van der Waals surface area contributed by atoms with Gasteiger partial charge in [-0.15, -0.1) is 11.3 Å². The normalized spacial score (nSPS) is 15.1. The first-order chi connectivity index (χ1) is 15.4. The molecule has 0 radical (unpaired) electrons. The van der Waals surface area contributed by atoms with Gasteiger partial charge >= 0.3 is 5.97 Å². The zero-order valence-electron chi connectivity index (χ0n) is 17.2. The quantitative estimate of drug-likeness (QED) is 0.462. The smallest absolute Gasteiger partial charge is 0.344 e. The summed E-state index contributed by atoms with van der Waals surface area (Å²) in [6.45, 7) is 0.0438. The third-order valence-electron chi connectivity index (χ3n) is 4.66. The number of para-hydroxylation sites is 2. The summed E-state index contributed by atoms with van der Waals surface area (Å²) < 4.78 is 48.6. The lowest BCUT2D eigenvalue weighted by Gasteiger charge is -2.26. The molecule has 0 saturated heterocycles. The topological polar surface area (TPSA) is 91.4 Å². The van der Waals surface area contributed by atoms with Crippen molar-refractivity contribution in [1.82, 2.24) is 0 Å². The highest BCUT2D eigenvalue weighted by atomic mass is 32.2. The number of thiophene rings is 1. The molecule has 1 aliphatic rings. The van der Waals surface area contributed by atoms with Gasteiger partial charge in [0.15, 0.2) is 24.2 Å². The standard InChI is InChI=1S/C22H21NO7S2/c1-23(32(25,26)22-7-4-12-31-22)16-8-10-17(11-9-16)27-15-21(24)29-14-18-13-28-19-5-2-3-6-20(19)30-18/h2-12,18H,13-15H2,1H3. The van der Waals surface area contributed by atoms with E-state index in [1.807, 2.05) is 18.2 Å². The minimum absolute atomic E-state index is 0.0425. The Labute approximate surface area is 190 Å². The molecule has 1 unspecified atom stereocenters. The number of benzene rings is 2. The maximum Gasteiger partial charge on any atom is 0.344 e. The van der Waals surface area contributed by atoms with Gasteiger partial charge in [-0.3, -0.25) is 4.31 Å². The fourth-order valence-electron chi connectivity index (χ4n) is 2.95. The Kier molecular flexibility index (Phi) is 6.52. The largest absolute Gasteiger partial charge is 0.486 e. The Balaban J connectivity index is 1.25. The van der Waals surface area contributed by atoms with Gasteiger partial charge in [-0.05, 0) is 47.8 Å². The van der Waals surface area contributed by atoms with E-state index in [0.717, 1.165) is 11.3 Å². The van der Waals surface area contributed by atoms with Gasteiger partial charge in [-0.25, -0.2) is 13.2 Å². The van der Waals surface area contributed by atoms with Crippen LogP contribution in [-0.2, 0) is 19.6 Å². The molecule has 2 aromatic carbocycles. The summed E-state index contributed by atoms with van der Waals surface area (Å²) in [4.78, 5) is 12.0. The lowest BCUT2D eigenvalue weighted by Crippen LogP contribution is -2.34. The van der Waals surface area contributed by atoms with E-state index in [1.54, 1.807) is 47.8 Å². The van der Waals surface area contributed by atoms with E-state index in [1.165, 1.54) is 11.4 Å². The van der Waals surface area contributed by atoms with Crippen LogP contribution in [0.25, 0.3) is 0 Å². The minimum atomic E-state index is -3.61. The van der Waals surface area contributed by atoms with Gasteiger partial charge in [-0.1, -0.05) is 18.2 Å². The summed E-state index contributed by atoms with van der Waals surface area (Å²) in [7, 11) is -2.13. The summed E-state index contributed by atoms with van der Waals surface area (Å²) in [6.07, 6.45) is -0.394. The summed E-state index contributed by atoms with van der Waals surface area (Å²) in [5, 5.41) is 1.71. The number of fused-ring (bicyclic) bond motifs is 1. The van der Waals surface area contributed by atoms with E-state index in [9.17, 15) is 13.2 Å². The summed E-state index contributed by atoms with van der Waals surface area (Å²) in [6, 6.07) is 16.9. The Morgan fingerprint density at radius 3 is 2.56 bits per heavy atom. The maximum absolute atomic E-state index is 12.6. The lowest BCUT2D eigenvalue weighted by molar-refractivity contribution is -0.149. The van der Waals surface area contributed by atoms with E-state index < -0.39 is 22.1 Å². The van der Waals surface area contributed by atoms with Crippen LogP contribution < -0.4 is 18.5 Å². The number of rotatable bonds is 8. The first-order valence-electron chi connectivity index (χ1n) is 9.73. The van der Waals surface area contributed by atoms with Crippen molar-refractivity contribution in [2.75, 3.05) is 31.2 Å². The molecule has 0 fully saturated rings. The molecule has 0 aliphatic carbocycles. The van der Waals surface area contributed by atoms with Crippen molar-refractivity contribution in [3.05, 3.63) is 66.0 Å². The van der Waals surface area contributed by atoms with Crippen LogP contribution in [0.15, 0.2) is 70.3 Å². The van der Waals surface area contributed by atoms with Crippen molar-refractivity contribution in [3.8, 4) is 17.2 Å². The molecular weight excluding hydrogens is 454 g/mol. The lowest BCUT2D eigenvalue weighted by atomic mass is 10.3. The number of nitrogens with zero attached hydrogens (tertiary/aromatic N) is 1. The molecular formula is C22H21NO7S2. The van der Waals surface area contributed by atoms with Crippen molar-refractivity contribution in [2.45, 2.75) is 10.3 Å². The number of hydrogen-bond acceptors (Lipinski definition) is 8. The van der Waals surface area contributed by atoms with Crippen molar-refractivity contribution in [3.63, 3.8) is 0 Å². The van der Waals surface area contributed by atoms with Crippen LogP contribution in [0.4, 0.5) is 5.69 Å². The summed E-state index contributed by atoms with van der Waals surface area (Å²) >= 11 is 1.16. The third-order valence-corrected chi connectivity index (χ3v) is 7.82. The monoisotopic (exact) mass is 475 g/mol. The summed E-state index contributed by atoms with van der Waals surface area (Å²) in [5.74, 6) is 1.14. The molecule has 2 heterocycles. The molecule has 0 amide bonds. The molecule has 168 valence electrons. The number of esters is 1.